The Labute approximate surface area is 89.3 Å². The second-order valence-corrected chi connectivity index (χ2v) is 4.17. The minimum atomic E-state index is 0.874. The van der Waals surface area contributed by atoms with Crippen molar-refractivity contribution in [3.63, 3.8) is 0 Å². The van der Waals surface area contributed by atoms with E-state index in [1.165, 1.54) is 38.9 Å². The topological polar surface area (TPSA) is 6.48 Å². The second-order valence-electron chi connectivity index (χ2n) is 4.17. The van der Waals surface area contributed by atoms with Gasteiger partial charge in [-0.3, -0.25) is 4.90 Å². The third-order valence-electron chi connectivity index (χ3n) is 3.61. The van der Waals surface area contributed by atoms with Gasteiger partial charge in [-0.25, -0.2) is 0 Å². The van der Waals surface area contributed by atoms with Crippen LogP contribution in [-0.2, 0) is 0 Å². The maximum absolute atomic E-state index is 2.66. The Kier molecular flexibility index (Phi) is 4.90. The lowest BCUT2D eigenvalue weighted by Crippen LogP contribution is -2.48. The van der Waals surface area contributed by atoms with Gasteiger partial charge in [0.2, 0.25) is 0 Å². The van der Waals surface area contributed by atoms with Gasteiger partial charge in [-0.05, 0) is 45.9 Å². The van der Waals surface area contributed by atoms with Gasteiger partial charge in [-0.15, -0.1) is 0 Å². The summed E-state index contributed by atoms with van der Waals surface area (Å²) in [5, 5.41) is 0. The van der Waals surface area contributed by atoms with Crippen LogP contribution in [0.4, 0.5) is 0 Å². The van der Waals surface area contributed by atoms with E-state index in [0.717, 1.165) is 12.1 Å². The smallest absolute Gasteiger partial charge is 0.0263 e. The highest BCUT2D eigenvalue weighted by Gasteiger charge is 2.37. The minimum absolute atomic E-state index is 0.874. The van der Waals surface area contributed by atoms with Crippen molar-refractivity contribution < 1.29 is 0 Å². The van der Waals surface area contributed by atoms with Crippen molar-refractivity contribution in [2.75, 3.05) is 26.7 Å². The standard InChI is InChI=1S/C10H20N2.C2H6/c1-3-12-7-4-5-9-10(12)6-8-11(9)2;1-2/h9-10H,3-8H2,1-2H3;1-2H3. The molecule has 2 heteroatoms. The van der Waals surface area contributed by atoms with Crippen molar-refractivity contribution in [2.24, 2.45) is 0 Å². The molecule has 0 spiro atoms. The van der Waals surface area contributed by atoms with Crippen LogP contribution < -0.4 is 0 Å². The number of hydrogen-bond acceptors (Lipinski definition) is 2. The molecule has 2 nitrogen and oxygen atoms in total. The van der Waals surface area contributed by atoms with Gasteiger partial charge in [-0.1, -0.05) is 20.8 Å². The lowest BCUT2D eigenvalue weighted by atomic mass is 9.97. The molecule has 2 rings (SSSR count). The summed E-state index contributed by atoms with van der Waals surface area (Å²) < 4.78 is 0. The van der Waals surface area contributed by atoms with Gasteiger partial charge >= 0.3 is 0 Å². The molecule has 0 amide bonds. The third-order valence-corrected chi connectivity index (χ3v) is 3.61. The van der Waals surface area contributed by atoms with Crippen molar-refractivity contribution in [3.05, 3.63) is 0 Å². The molecule has 0 aromatic carbocycles. The molecular weight excluding hydrogens is 172 g/mol. The average molecular weight is 198 g/mol. The summed E-state index contributed by atoms with van der Waals surface area (Å²) in [6, 6.07) is 1.76. The molecular formula is C12H26N2. The van der Waals surface area contributed by atoms with Crippen molar-refractivity contribution in [3.8, 4) is 0 Å². The summed E-state index contributed by atoms with van der Waals surface area (Å²) >= 11 is 0. The zero-order valence-electron chi connectivity index (χ0n) is 10.3. The second kappa shape index (κ2) is 5.72. The van der Waals surface area contributed by atoms with Crippen LogP contribution in [0.2, 0.25) is 0 Å². The highest BCUT2D eigenvalue weighted by molar-refractivity contribution is 4.94. The van der Waals surface area contributed by atoms with Crippen molar-refractivity contribution in [2.45, 2.75) is 52.1 Å². The van der Waals surface area contributed by atoms with E-state index >= 15 is 0 Å². The Morgan fingerprint density at radius 1 is 1.07 bits per heavy atom. The first-order valence-corrected chi connectivity index (χ1v) is 6.27. The Hall–Kier alpha value is -0.0800. The summed E-state index contributed by atoms with van der Waals surface area (Å²) in [4.78, 5) is 5.21. The number of likely N-dealkylation sites (N-methyl/N-ethyl adjacent to an activating group) is 2. The molecule has 2 aliphatic rings. The number of nitrogens with zero attached hydrogens (tertiary/aromatic N) is 2. The van der Waals surface area contributed by atoms with E-state index in [1.54, 1.807) is 0 Å². The van der Waals surface area contributed by atoms with Crippen molar-refractivity contribution >= 4 is 0 Å². The summed E-state index contributed by atoms with van der Waals surface area (Å²) in [5.74, 6) is 0. The Balaban J connectivity index is 0.000000461. The number of fused-ring (bicyclic) bond motifs is 1. The van der Waals surface area contributed by atoms with Crippen LogP contribution >= 0.6 is 0 Å². The molecule has 2 atom stereocenters. The van der Waals surface area contributed by atoms with Gasteiger partial charge in [0.25, 0.3) is 0 Å². The van der Waals surface area contributed by atoms with Crippen molar-refractivity contribution in [1.82, 2.24) is 9.80 Å². The Morgan fingerprint density at radius 3 is 2.43 bits per heavy atom. The summed E-state index contributed by atoms with van der Waals surface area (Å²) in [6.07, 6.45) is 4.23. The van der Waals surface area contributed by atoms with Crippen LogP contribution in [0.5, 0.6) is 0 Å². The number of hydrogen-bond donors (Lipinski definition) is 0. The van der Waals surface area contributed by atoms with Crippen LogP contribution in [0.25, 0.3) is 0 Å². The van der Waals surface area contributed by atoms with Crippen molar-refractivity contribution in [1.29, 1.82) is 0 Å². The minimum Gasteiger partial charge on any atom is -0.302 e. The number of likely N-dealkylation sites (tertiary alicyclic amines) is 2. The zero-order valence-corrected chi connectivity index (χ0v) is 10.3. The van der Waals surface area contributed by atoms with E-state index in [1.807, 2.05) is 13.8 Å². The molecule has 0 aromatic heterocycles. The van der Waals surface area contributed by atoms with E-state index < -0.39 is 0 Å². The van der Waals surface area contributed by atoms with Gasteiger partial charge < -0.3 is 4.90 Å². The quantitative estimate of drug-likeness (QED) is 0.637. The van der Waals surface area contributed by atoms with Gasteiger partial charge in [0.15, 0.2) is 0 Å². The maximum Gasteiger partial charge on any atom is 0.0263 e. The molecule has 2 fully saturated rings. The molecule has 14 heavy (non-hydrogen) atoms. The van der Waals surface area contributed by atoms with E-state index in [4.69, 9.17) is 0 Å². The predicted molar refractivity (Wildman–Crippen MR) is 62.7 cm³/mol. The molecule has 0 N–H and O–H groups in total. The van der Waals surface area contributed by atoms with Crippen LogP contribution in [0.1, 0.15) is 40.0 Å². The largest absolute Gasteiger partial charge is 0.302 e. The Bertz CT molecular complexity index is 158. The van der Waals surface area contributed by atoms with E-state index in [-0.39, 0.29) is 0 Å². The molecule has 2 saturated heterocycles. The van der Waals surface area contributed by atoms with Gasteiger partial charge in [0.1, 0.15) is 0 Å². The summed E-state index contributed by atoms with van der Waals surface area (Å²) in [7, 11) is 2.28. The van der Waals surface area contributed by atoms with Crippen LogP contribution in [0.15, 0.2) is 0 Å². The fourth-order valence-corrected chi connectivity index (χ4v) is 2.89. The highest BCUT2D eigenvalue weighted by atomic mass is 15.3. The molecule has 84 valence electrons. The molecule has 2 unspecified atom stereocenters. The van der Waals surface area contributed by atoms with Crippen LogP contribution in [-0.4, -0.2) is 48.6 Å². The highest BCUT2D eigenvalue weighted by Crippen LogP contribution is 2.28. The Morgan fingerprint density at radius 2 is 1.79 bits per heavy atom. The third kappa shape index (κ3) is 2.29. The van der Waals surface area contributed by atoms with Gasteiger partial charge in [0, 0.05) is 12.1 Å². The monoisotopic (exact) mass is 198 g/mol. The molecule has 0 saturated carbocycles. The molecule has 2 heterocycles. The SMILES string of the molecule is CC.CCN1CCCC2C1CCN2C. The fraction of sp³-hybridized carbons (Fsp3) is 1.00. The normalized spacial score (nSPS) is 33.4. The zero-order chi connectivity index (χ0) is 10.6. The predicted octanol–water partition coefficient (Wildman–Crippen LogP) is 2.20. The lowest BCUT2D eigenvalue weighted by Gasteiger charge is -2.38. The van der Waals surface area contributed by atoms with Crippen LogP contribution in [0.3, 0.4) is 0 Å². The maximum atomic E-state index is 2.66. The van der Waals surface area contributed by atoms with Gasteiger partial charge in [-0.2, -0.15) is 0 Å². The molecule has 0 aromatic rings. The average Bonchev–Trinajstić information content (AvgIpc) is 2.64. The van der Waals surface area contributed by atoms with Gasteiger partial charge in [0.05, 0.1) is 0 Å². The summed E-state index contributed by atoms with van der Waals surface area (Å²) in [5.41, 5.74) is 0. The van der Waals surface area contributed by atoms with Crippen LogP contribution in [0, 0.1) is 0 Å². The van der Waals surface area contributed by atoms with E-state index in [2.05, 4.69) is 23.8 Å². The first kappa shape index (κ1) is 12.0. The van der Waals surface area contributed by atoms with E-state index in [9.17, 15) is 0 Å². The molecule has 0 bridgehead atoms. The molecule has 2 aliphatic heterocycles. The first-order chi connectivity index (χ1) is 6.83. The first-order valence-electron chi connectivity index (χ1n) is 6.27. The molecule has 0 aliphatic carbocycles. The lowest BCUT2D eigenvalue weighted by molar-refractivity contribution is 0.110. The molecule has 0 radical (unpaired) electrons. The fourth-order valence-electron chi connectivity index (χ4n) is 2.89. The summed E-state index contributed by atoms with van der Waals surface area (Å²) in [6.45, 7) is 10.2. The number of piperidine rings is 1. The van der Waals surface area contributed by atoms with E-state index in [0.29, 0.717) is 0 Å². The number of rotatable bonds is 1.